The second kappa shape index (κ2) is 5.96. The standard InChI is InChI=1S/C12H24N2O2/c1-10(2)12-7-13-3-4-14(12)8-11-9-15-5-6-16-11/h10-13H,3-9H2,1-2H3. The summed E-state index contributed by atoms with van der Waals surface area (Å²) < 4.78 is 11.2. The summed E-state index contributed by atoms with van der Waals surface area (Å²) in [7, 11) is 0. The highest BCUT2D eigenvalue weighted by atomic mass is 16.6. The third kappa shape index (κ3) is 3.17. The molecule has 0 aromatic carbocycles. The summed E-state index contributed by atoms with van der Waals surface area (Å²) >= 11 is 0. The van der Waals surface area contributed by atoms with Crippen LogP contribution >= 0.6 is 0 Å². The van der Waals surface area contributed by atoms with Gasteiger partial charge in [-0.1, -0.05) is 13.8 Å². The molecule has 0 aromatic rings. The summed E-state index contributed by atoms with van der Waals surface area (Å²) in [6, 6.07) is 0.638. The average Bonchev–Trinajstić information content (AvgIpc) is 2.31. The number of ether oxygens (including phenoxy) is 2. The smallest absolute Gasteiger partial charge is 0.0936 e. The molecular formula is C12H24N2O2. The van der Waals surface area contributed by atoms with Crippen LogP contribution in [0.5, 0.6) is 0 Å². The lowest BCUT2D eigenvalue weighted by atomic mass is 10.00. The molecule has 0 aromatic heterocycles. The zero-order valence-corrected chi connectivity index (χ0v) is 10.4. The van der Waals surface area contributed by atoms with E-state index in [1.807, 2.05) is 0 Å². The quantitative estimate of drug-likeness (QED) is 0.755. The molecule has 94 valence electrons. The lowest BCUT2D eigenvalue weighted by Crippen LogP contribution is -2.56. The normalized spacial score (nSPS) is 33.2. The van der Waals surface area contributed by atoms with Crippen molar-refractivity contribution in [2.75, 3.05) is 46.0 Å². The maximum atomic E-state index is 5.72. The number of hydrogen-bond donors (Lipinski definition) is 1. The Balaban J connectivity index is 1.85. The van der Waals surface area contributed by atoms with Gasteiger partial charge in [0.1, 0.15) is 0 Å². The van der Waals surface area contributed by atoms with E-state index in [0.717, 1.165) is 46.0 Å². The molecule has 0 saturated carbocycles. The molecule has 0 amide bonds. The van der Waals surface area contributed by atoms with Crippen molar-refractivity contribution in [3.63, 3.8) is 0 Å². The minimum absolute atomic E-state index is 0.271. The van der Waals surface area contributed by atoms with Crippen LogP contribution in [-0.4, -0.2) is 63.0 Å². The lowest BCUT2D eigenvalue weighted by Gasteiger charge is -2.40. The van der Waals surface area contributed by atoms with Gasteiger partial charge in [0.25, 0.3) is 0 Å². The van der Waals surface area contributed by atoms with Gasteiger partial charge in [-0.05, 0) is 5.92 Å². The van der Waals surface area contributed by atoms with Gasteiger partial charge >= 0.3 is 0 Å². The van der Waals surface area contributed by atoms with Gasteiger partial charge in [0.2, 0.25) is 0 Å². The molecule has 0 aliphatic carbocycles. The number of piperazine rings is 1. The highest BCUT2D eigenvalue weighted by Crippen LogP contribution is 2.14. The minimum atomic E-state index is 0.271. The van der Waals surface area contributed by atoms with Crippen LogP contribution in [0.2, 0.25) is 0 Å². The molecule has 2 atom stereocenters. The summed E-state index contributed by atoms with van der Waals surface area (Å²) in [6.45, 7) is 11.2. The Morgan fingerprint density at radius 2 is 2.25 bits per heavy atom. The summed E-state index contributed by atoms with van der Waals surface area (Å²) in [6.07, 6.45) is 0.271. The fourth-order valence-corrected chi connectivity index (χ4v) is 2.56. The number of nitrogens with one attached hydrogen (secondary N) is 1. The summed E-state index contributed by atoms with van der Waals surface area (Å²) in [5, 5.41) is 3.47. The molecule has 2 unspecified atom stereocenters. The Hall–Kier alpha value is -0.160. The number of hydrogen-bond acceptors (Lipinski definition) is 4. The van der Waals surface area contributed by atoms with Gasteiger partial charge in [0.15, 0.2) is 0 Å². The van der Waals surface area contributed by atoms with E-state index in [1.54, 1.807) is 0 Å². The summed E-state index contributed by atoms with van der Waals surface area (Å²) in [5.74, 6) is 0.692. The predicted octanol–water partition coefficient (Wildman–Crippen LogP) is 0.332. The van der Waals surface area contributed by atoms with Crippen LogP contribution in [0.3, 0.4) is 0 Å². The van der Waals surface area contributed by atoms with Crippen LogP contribution in [0.15, 0.2) is 0 Å². The van der Waals surface area contributed by atoms with Crippen molar-refractivity contribution in [1.29, 1.82) is 0 Å². The van der Waals surface area contributed by atoms with E-state index < -0.39 is 0 Å². The molecule has 2 fully saturated rings. The number of nitrogens with zero attached hydrogens (tertiary/aromatic N) is 1. The Morgan fingerprint density at radius 3 is 2.94 bits per heavy atom. The first kappa shape index (κ1) is 12.3. The fourth-order valence-electron chi connectivity index (χ4n) is 2.56. The predicted molar refractivity (Wildman–Crippen MR) is 63.6 cm³/mol. The van der Waals surface area contributed by atoms with Gasteiger partial charge in [-0.15, -0.1) is 0 Å². The molecule has 0 spiro atoms. The largest absolute Gasteiger partial charge is 0.376 e. The lowest BCUT2D eigenvalue weighted by molar-refractivity contribution is -0.103. The van der Waals surface area contributed by atoms with Gasteiger partial charge in [0.05, 0.1) is 25.9 Å². The molecule has 4 heteroatoms. The van der Waals surface area contributed by atoms with E-state index in [4.69, 9.17) is 9.47 Å². The van der Waals surface area contributed by atoms with Gasteiger partial charge in [-0.2, -0.15) is 0 Å². The van der Waals surface area contributed by atoms with Crippen LogP contribution in [-0.2, 0) is 9.47 Å². The molecule has 2 heterocycles. The zero-order chi connectivity index (χ0) is 11.4. The van der Waals surface area contributed by atoms with Crippen molar-refractivity contribution >= 4 is 0 Å². The van der Waals surface area contributed by atoms with E-state index in [-0.39, 0.29) is 6.10 Å². The van der Waals surface area contributed by atoms with E-state index in [0.29, 0.717) is 12.0 Å². The van der Waals surface area contributed by atoms with Gasteiger partial charge in [-0.3, -0.25) is 4.90 Å². The average molecular weight is 228 g/mol. The van der Waals surface area contributed by atoms with Crippen LogP contribution in [0.4, 0.5) is 0 Å². The zero-order valence-electron chi connectivity index (χ0n) is 10.4. The molecule has 2 rings (SSSR count). The Kier molecular flexibility index (Phi) is 4.58. The Bertz CT molecular complexity index is 205. The Morgan fingerprint density at radius 1 is 1.38 bits per heavy atom. The SMILES string of the molecule is CC(C)C1CNCCN1CC1COCCO1. The van der Waals surface area contributed by atoms with Crippen LogP contribution in [0, 0.1) is 5.92 Å². The highest BCUT2D eigenvalue weighted by Gasteiger charge is 2.28. The molecule has 16 heavy (non-hydrogen) atoms. The van der Waals surface area contributed by atoms with Crippen molar-refractivity contribution in [1.82, 2.24) is 10.2 Å². The Labute approximate surface area is 98.3 Å². The first-order chi connectivity index (χ1) is 7.77. The fraction of sp³-hybridized carbons (Fsp3) is 1.00. The number of rotatable bonds is 3. The molecule has 2 saturated heterocycles. The maximum absolute atomic E-state index is 5.72. The minimum Gasteiger partial charge on any atom is -0.376 e. The second-order valence-electron chi connectivity index (χ2n) is 5.08. The molecule has 2 aliphatic heterocycles. The van der Waals surface area contributed by atoms with E-state index in [1.165, 1.54) is 0 Å². The van der Waals surface area contributed by atoms with Crippen molar-refractivity contribution in [3.05, 3.63) is 0 Å². The van der Waals surface area contributed by atoms with E-state index in [2.05, 4.69) is 24.1 Å². The molecule has 2 aliphatic rings. The molecular weight excluding hydrogens is 204 g/mol. The third-order valence-electron chi connectivity index (χ3n) is 3.49. The first-order valence-electron chi connectivity index (χ1n) is 6.41. The monoisotopic (exact) mass is 228 g/mol. The van der Waals surface area contributed by atoms with E-state index >= 15 is 0 Å². The molecule has 4 nitrogen and oxygen atoms in total. The van der Waals surface area contributed by atoms with Gasteiger partial charge in [0, 0.05) is 32.2 Å². The van der Waals surface area contributed by atoms with Crippen molar-refractivity contribution < 1.29 is 9.47 Å². The van der Waals surface area contributed by atoms with Crippen LogP contribution in [0.1, 0.15) is 13.8 Å². The van der Waals surface area contributed by atoms with Gasteiger partial charge in [-0.25, -0.2) is 0 Å². The maximum Gasteiger partial charge on any atom is 0.0936 e. The topological polar surface area (TPSA) is 33.7 Å². The first-order valence-corrected chi connectivity index (χ1v) is 6.41. The van der Waals surface area contributed by atoms with Crippen molar-refractivity contribution in [3.8, 4) is 0 Å². The third-order valence-corrected chi connectivity index (χ3v) is 3.49. The second-order valence-corrected chi connectivity index (χ2v) is 5.08. The van der Waals surface area contributed by atoms with E-state index in [9.17, 15) is 0 Å². The summed E-state index contributed by atoms with van der Waals surface area (Å²) in [4.78, 5) is 2.56. The molecule has 0 radical (unpaired) electrons. The van der Waals surface area contributed by atoms with Gasteiger partial charge < -0.3 is 14.8 Å². The van der Waals surface area contributed by atoms with Crippen molar-refractivity contribution in [2.45, 2.75) is 26.0 Å². The summed E-state index contributed by atoms with van der Waals surface area (Å²) in [5.41, 5.74) is 0. The highest BCUT2D eigenvalue weighted by molar-refractivity contribution is 4.84. The molecule has 1 N–H and O–H groups in total. The van der Waals surface area contributed by atoms with Crippen LogP contribution in [0.25, 0.3) is 0 Å². The van der Waals surface area contributed by atoms with Crippen LogP contribution < -0.4 is 5.32 Å². The molecule has 0 bridgehead atoms. The van der Waals surface area contributed by atoms with Crippen molar-refractivity contribution in [2.24, 2.45) is 5.92 Å².